The predicted molar refractivity (Wildman–Crippen MR) is 71.5 cm³/mol. The molecule has 1 fully saturated rings. The van der Waals surface area contributed by atoms with E-state index in [1.807, 2.05) is 0 Å². The zero-order valence-corrected chi connectivity index (χ0v) is 11.6. The maximum absolute atomic E-state index is 13.0. The number of rotatable bonds is 3. The molecule has 1 aliphatic heterocycles. The van der Waals surface area contributed by atoms with Crippen LogP contribution in [0, 0.1) is 5.82 Å². The number of carbonyl (C=O) groups excluding carboxylic acids is 1. The Balaban J connectivity index is 2.45. The quantitative estimate of drug-likeness (QED) is 0.790. The molecular weight excluding hydrogens is 285 g/mol. The van der Waals surface area contributed by atoms with Gasteiger partial charge in [0.2, 0.25) is 15.9 Å². The highest BCUT2D eigenvalue weighted by Crippen LogP contribution is 2.28. The van der Waals surface area contributed by atoms with Gasteiger partial charge in [0.05, 0.1) is 5.69 Å². The fraction of sp³-hybridized carbons (Fsp3) is 0.417. The summed E-state index contributed by atoms with van der Waals surface area (Å²) >= 11 is 0. The normalized spacial score (nSPS) is 20.8. The fourth-order valence-corrected chi connectivity index (χ4v) is 4.12. The Morgan fingerprint density at radius 3 is 2.65 bits per heavy atom. The molecule has 0 radical (unpaired) electrons. The topological polar surface area (TPSA) is 106 Å². The number of primary amides is 1. The molecule has 20 heavy (non-hydrogen) atoms. The molecule has 4 N–H and O–H groups in total. The van der Waals surface area contributed by atoms with Crippen LogP contribution in [0.3, 0.4) is 0 Å². The largest absolute Gasteiger partial charge is 0.398 e. The van der Waals surface area contributed by atoms with Crippen molar-refractivity contribution in [3.8, 4) is 0 Å². The summed E-state index contributed by atoms with van der Waals surface area (Å²) in [5.74, 6) is -1.31. The first kappa shape index (κ1) is 14.7. The molecule has 1 heterocycles. The van der Waals surface area contributed by atoms with E-state index >= 15 is 0 Å². The molecule has 1 aromatic rings. The Kier molecular flexibility index (Phi) is 3.96. The monoisotopic (exact) mass is 301 g/mol. The van der Waals surface area contributed by atoms with Crippen LogP contribution >= 0.6 is 0 Å². The SMILES string of the molecule is NC(=O)C1CCCCN1S(=O)(=O)c1ccc(F)cc1N. The number of nitrogen functional groups attached to an aromatic ring is 1. The van der Waals surface area contributed by atoms with Crippen molar-refractivity contribution in [1.82, 2.24) is 4.31 Å². The van der Waals surface area contributed by atoms with Gasteiger partial charge in [0, 0.05) is 6.54 Å². The summed E-state index contributed by atoms with van der Waals surface area (Å²) in [6.45, 7) is 0.201. The lowest BCUT2D eigenvalue weighted by atomic mass is 10.0. The molecule has 0 saturated carbocycles. The fourth-order valence-electron chi connectivity index (χ4n) is 2.36. The number of amides is 1. The molecule has 1 saturated heterocycles. The number of carbonyl (C=O) groups is 1. The maximum Gasteiger partial charge on any atom is 0.245 e. The Morgan fingerprint density at radius 1 is 1.35 bits per heavy atom. The second-order valence-electron chi connectivity index (χ2n) is 4.71. The molecule has 0 aliphatic carbocycles. The van der Waals surface area contributed by atoms with Crippen molar-refractivity contribution in [2.45, 2.75) is 30.2 Å². The van der Waals surface area contributed by atoms with Gasteiger partial charge in [-0.3, -0.25) is 4.79 Å². The van der Waals surface area contributed by atoms with Gasteiger partial charge in [-0.15, -0.1) is 0 Å². The van der Waals surface area contributed by atoms with Crippen LogP contribution in [0.2, 0.25) is 0 Å². The summed E-state index contributed by atoms with van der Waals surface area (Å²) in [4.78, 5) is 11.2. The van der Waals surface area contributed by atoms with Crippen molar-refractivity contribution in [3.63, 3.8) is 0 Å². The third-order valence-corrected chi connectivity index (χ3v) is 5.32. The van der Waals surface area contributed by atoms with Gasteiger partial charge >= 0.3 is 0 Å². The molecule has 0 spiro atoms. The number of hydrogen-bond acceptors (Lipinski definition) is 4. The number of anilines is 1. The van der Waals surface area contributed by atoms with Crippen molar-refractivity contribution in [1.29, 1.82) is 0 Å². The summed E-state index contributed by atoms with van der Waals surface area (Å²) in [5, 5.41) is 0. The third-order valence-electron chi connectivity index (χ3n) is 3.34. The smallest absolute Gasteiger partial charge is 0.245 e. The molecule has 2 rings (SSSR count). The molecule has 0 bridgehead atoms. The number of nitrogens with two attached hydrogens (primary N) is 2. The van der Waals surface area contributed by atoms with E-state index in [-0.39, 0.29) is 17.1 Å². The average Bonchev–Trinajstić information content (AvgIpc) is 2.38. The van der Waals surface area contributed by atoms with E-state index in [1.54, 1.807) is 0 Å². The number of halogens is 1. The van der Waals surface area contributed by atoms with Crippen LogP contribution in [-0.4, -0.2) is 31.2 Å². The highest BCUT2D eigenvalue weighted by molar-refractivity contribution is 7.89. The van der Waals surface area contributed by atoms with Crippen LogP contribution in [0.1, 0.15) is 19.3 Å². The minimum Gasteiger partial charge on any atom is -0.398 e. The summed E-state index contributed by atoms with van der Waals surface area (Å²) < 4.78 is 39.2. The van der Waals surface area contributed by atoms with E-state index in [0.29, 0.717) is 12.8 Å². The molecule has 1 aromatic carbocycles. The van der Waals surface area contributed by atoms with E-state index in [2.05, 4.69) is 0 Å². The van der Waals surface area contributed by atoms with E-state index < -0.39 is 27.8 Å². The van der Waals surface area contributed by atoms with E-state index in [4.69, 9.17) is 11.5 Å². The Bertz CT molecular complexity index is 633. The van der Waals surface area contributed by atoms with Gasteiger partial charge in [-0.1, -0.05) is 6.42 Å². The van der Waals surface area contributed by atoms with Crippen LogP contribution in [0.4, 0.5) is 10.1 Å². The van der Waals surface area contributed by atoms with Gasteiger partial charge in [0.1, 0.15) is 16.8 Å². The van der Waals surface area contributed by atoms with Gasteiger partial charge in [-0.25, -0.2) is 12.8 Å². The van der Waals surface area contributed by atoms with Gasteiger partial charge in [-0.2, -0.15) is 4.31 Å². The molecular formula is C12H16FN3O3S. The van der Waals surface area contributed by atoms with E-state index in [0.717, 1.165) is 28.9 Å². The molecule has 6 nitrogen and oxygen atoms in total. The second-order valence-corrected chi connectivity index (χ2v) is 6.57. The van der Waals surface area contributed by atoms with Crippen molar-refractivity contribution in [2.24, 2.45) is 5.73 Å². The highest BCUT2D eigenvalue weighted by Gasteiger charge is 2.37. The highest BCUT2D eigenvalue weighted by atomic mass is 32.2. The minimum absolute atomic E-state index is 0.182. The van der Waals surface area contributed by atoms with Crippen molar-refractivity contribution in [3.05, 3.63) is 24.0 Å². The number of benzene rings is 1. The van der Waals surface area contributed by atoms with Crippen LogP contribution < -0.4 is 11.5 Å². The molecule has 110 valence electrons. The first-order valence-electron chi connectivity index (χ1n) is 6.20. The summed E-state index contributed by atoms with van der Waals surface area (Å²) in [5.41, 5.74) is 10.7. The predicted octanol–water partition coefficient (Wildman–Crippen LogP) is 0.436. The number of piperidine rings is 1. The van der Waals surface area contributed by atoms with Crippen molar-refractivity contribution < 1.29 is 17.6 Å². The molecule has 1 amide bonds. The van der Waals surface area contributed by atoms with Crippen LogP contribution in [0.25, 0.3) is 0 Å². The van der Waals surface area contributed by atoms with Gasteiger partial charge < -0.3 is 11.5 Å². The summed E-state index contributed by atoms with van der Waals surface area (Å²) in [7, 11) is -3.96. The van der Waals surface area contributed by atoms with Crippen molar-refractivity contribution >= 4 is 21.6 Å². The molecule has 8 heteroatoms. The molecule has 1 atom stereocenters. The van der Waals surface area contributed by atoms with Crippen LogP contribution in [0.15, 0.2) is 23.1 Å². The standard InChI is InChI=1S/C12H16FN3O3S/c13-8-4-5-11(9(14)7-8)20(18,19)16-6-2-1-3-10(16)12(15)17/h4-5,7,10H,1-3,6,14H2,(H2,15,17). The molecule has 1 aliphatic rings. The second kappa shape index (κ2) is 5.37. The molecule has 0 aromatic heterocycles. The zero-order valence-electron chi connectivity index (χ0n) is 10.8. The van der Waals surface area contributed by atoms with Crippen LogP contribution in [0.5, 0.6) is 0 Å². The Hall–Kier alpha value is -1.67. The minimum atomic E-state index is -3.96. The molecule has 1 unspecified atom stereocenters. The number of sulfonamides is 1. The third kappa shape index (κ3) is 2.61. The zero-order chi connectivity index (χ0) is 14.9. The van der Waals surface area contributed by atoms with E-state index in [9.17, 15) is 17.6 Å². The maximum atomic E-state index is 13.0. The van der Waals surface area contributed by atoms with Gasteiger partial charge in [0.15, 0.2) is 0 Å². The van der Waals surface area contributed by atoms with Gasteiger partial charge in [-0.05, 0) is 31.0 Å². The average molecular weight is 301 g/mol. The Morgan fingerprint density at radius 2 is 2.05 bits per heavy atom. The lowest BCUT2D eigenvalue weighted by Crippen LogP contribution is -2.50. The van der Waals surface area contributed by atoms with Gasteiger partial charge in [0.25, 0.3) is 0 Å². The Labute approximate surface area is 116 Å². The number of hydrogen-bond donors (Lipinski definition) is 2. The summed E-state index contributed by atoms with van der Waals surface area (Å²) in [6, 6.07) is 2.19. The van der Waals surface area contributed by atoms with E-state index in [1.165, 1.54) is 0 Å². The van der Waals surface area contributed by atoms with Crippen LogP contribution in [-0.2, 0) is 14.8 Å². The first-order chi connectivity index (χ1) is 9.34. The number of nitrogens with zero attached hydrogens (tertiary/aromatic N) is 1. The summed E-state index contributed by atoms with van der Waals surface area (Å²) in [6.07, 6.45) is 1.76. The lowest BCUT2D eigenvalue weighted by molar-refractivity contribution is -0.122. The lowest BCUT2D eigenvalue weighted by Gasteiger charge is -2.32. The van der Waals surface area contributed by atoms with Crippen molar-refractivity contribution in [2.75, 3.05) is 12.3 Å². The first-order valence-corrected chi connectivity index (χ1v) is 7.64.